The van der Waals surface area contributed by atoms with Gasteiger partial charge in [-0.25, -0.2) is 0 Å². The maximum atomic E-state index is 13.3. The van der Waals surface area contributed by atoms with Gasteiger partial charge >= 0.3 is 0 Å². The van der Waals surface area contributed by atoms with Gasteiger partial charge in [0.15, 0.2) is 11.5 Å². The van der Waals surface area contributed by atoms with E-state index >= 15 is 0 Å². The lowest BCUT2D eigenvalue weighted by Gasteiger charge is -2.31. The zero-order valence-electron chi connectivity index (χ0n) is 17.2. The first-order valence-corrected chi connectivity index (χ1v) is 10.4. The van der Waals surface area contributed by atoms with Crippen molar-refractivity contribution in [1.29, 1.82) is 0 Å². The monoisotopic (exact) mass is 424 g/mol. The molecule has 0 fully saturated rings. The maximum Gasteiger partial charge on any atom is 0.225 e. The van der Waals surface area contributed by atoms with Crippen LogP contribution in [0.15, 0.2) is 60.9 Å². The third-order valence-electron chi connectivity index (χ3n) is 5.68. The average molecular weight is 425 g/mol. The Labute approximate surface area is 181 Å². The normalized spacial score (nSPS) is 14.2. The first kappa shape index (κ1) is 20.4. The largest absolute Gasteiger partial charge is 0.493 e. The fourth-order valence-electron chi connectivity index (χ4n) is 4.03. The highest BCUT2D eigenvalue weighted by atomic mass is 35.5. The number of halogens is 1. The number of benzene rings is 2. The van der Waals surface area contributed by atoms with E-state index in [-0.39, 0.29) is 11.9 Å². The van der Waals surface area contributed by atoms with Crippen molar-refractivity contribution in [2.45, 2.75) is 25.4 Å². The maximum absolute atomic E-state index is 13.3. The van der Waals surface area contributed by atoms with Gasteiger partial charge < -0.3 is 18.9 Å². The van der Waals surface area contributed by atoms with Crippen molar-refractivity contribution in [3.63, 3.8) is 0 Å². The summed E-state index contributed by atoms with van der Waals surface area (Å²) in [6.45, 7) is 1.27. The van der Waals surface area contributed by atoms with Gasteiger partial charge in [0, 0.05) is 30.5 Å². The molecule has 2 aromatic carbocycles. The quantitative estimate of drug-likeness (QED) is 0.575. The molecule has 1 aliphatic rings. The molecule has 0 radical (unpaired) electrons. The lowest BCUT2D eigenvalue weighted by Crippen LogP contribution is -2.37. The van der Waals surface area contributed by atoms with E-state index in [0.29, 0.717) is 30.3 Å². The fourth-order valence-corrected chi connectivity index (χ4v) is 4.15. The van der Waals surface area contributed by atoms with Crippen molar-refractivity contribution in [2.24, 2.45) is 0 Å². The van der Waals surface area contributed by atoms with Gasteiger partial charge in [0.2, 0.25) is 5.91 Å². The number of hydrogen-bond acceptors (Lipinski definition) is 3. The van der Waals surface area contributed by atoms with Gasteiger partial charge in [-0.3, -0.25) is 4.79 Å². The van der Waals surface area contributed by atoms with Crippen LogP contribution >= 0.6 is 11.6 Å². The van der Waals surface area contributed by atoms with Gasteiger partial charge in [-0.1, -0.05) is 23.7 Å². The van der Waals surface area contributed by atoms with Crippen LogP contribution in [0.3, 0.4) is 0 Å². The SMILES string of the molecule is COc1cc2c(cc1OC)CN(C(=O)CC(c1ccc(Cl)cc1)n1cccc1)CC2. The first-order valence-electron chi connectivity index (χ1n) is 9.98. The van der Waals surface area contributed by atoms with E-state index in [1.165, 1.54) is 5.56 Å². The second kappa shape index (κ2) is 8.84. The van der Waals surface area contributed by atoms with Crippen molar-refractivity contribution in [2.75, 3.05) is 20.8 Å². The second-order valence-corrected chi connectivity index (χ2v) is 7.88. The minimum absolute atomic E-state index is 0.0726. The lowest BCUT2D eigenvalue weighted by molar-refractivity contribution is -0.132. The van der Waals surface area contributed by atoms with Crippen LogP contribution in [0.25, 0.3) is 0 Å². The predicted molar refractivity (Wildman–Crippen MR) is 117 cm³/mol. The summed E-state index contributed by atoms with van der Waals surface area (Å²) in [5.74, 6) is 1.55. The van der Waals surface area contributed by atoms with Crippen LogP contribution in [0.1, 0.15) is 29.2 Å². The molecule has 4 rings (SSSR count). The van der Waals surface area contributed by atoms with E-state index in [1.807, 2.05) is 65.8 Å². The van der Waals surface area contributed by atoms with Gasteiger partial charge in [0.1, 0.15) is 0 Å². The summed E-state index contributed by atoms with van der Waals surface area (Å²) in [4.78, 5) is 15.2. The fraction of sp³-hybridized carbons (Fsp3) is 0.292. The summed E-state index contributed by atoms with van der Waals surface area (Å²) < 4.78 is 12.9. The number of aromatic nitrogens is 1. The molecule has 30 heavy (non-hydrogen) atoms. The number of fused-ring (bicyclic) bond motifs is 1. The summed E-state index contributed by atoms with van der Waals surface area (Å²) >= 11 is 6.06. The van der Waals surface area contributed by atoms with Crippen LogP contribution in [0.4, 0.5) is 0 Å². The van der Waals surface area contributed by atoms with Crippen molar-refractivity contribution in [3.05, 3.63) is 82.6 Å². The topological polar surface area (TPSA) is 43.7 Å². The number of hydrogen-bond donors (Lipinski definition) is 0. The Hall–Kier alpha value is -2.92. The third kappa shape index (κ3) is 4.17. The van der Waals surface area contributed by atoms with Crippen LogP contribution in [0.2, 0.25) is 5.02 Å². The predicted octanol–water partition coefficient (Wildman–Crippen LogP) is 4.72. The molecule has 0 bridgehead atoms. The molecule has 3 aromatic rings. The molecule has 0 N–H and O–H groups in total. The van der Waals surface area contributed by atoms with Gasteiger partial charge in [-0.15, -0.1) is 0 Å². The molecule has 1 aliphatic heterocycles. The number of nitrogens with zero attached hydrogens (tertiary/aromatic N) is 2. The van der Waals surface area contributed by atoms with E-state index in [1.54, 1.807) is 14.2 Å². The van der Waals surface area contributed by atoms with Crippen LogP contribution in [-0.4, -0.2) is 36.1 Å². The van der Waals surface area contributed by atoms with Crippen LogP contribution in [0, 0.1) is 0 Å². The number of carbonyl (C=O) groups is 1. The first-order chi connectivity index (χ1) is 14.6. The van der Waals surface area contributed by atoms with E-state index in [4.69, 9.17) is 21.1 Å². The smallest absolute Gasteiger partial charge is 0.225 e. The summed E-state index contributed by atoms with van der Waals surface area (Å²) in [6.07, 6.45) is 5.18. The minimum atomic E-state index is -0.0726. The van der Waals surface area contributed by atoms with Crippen molar-refractivity contribution < 1.29 is 14.3 Å². The van der Waals surface area contributed by atoms with Crippen molar-refractivity contribution >= 4 is 17.5 Å². The zero-order chi connectivity index (χ0) is 21.1. The number of methoxy groups -OCH3 is 2. The molecule has 6 heteroatoms. The highest BCUT2D eigenvalue weighted by molar-refractivity contribution is 6.30. The summed E-state index contributed by atoms with van der Waals surface area (Å²) in [7, 11) is 3.27. The highest BCUT2D eigenvalue weighted by Crippen LogP contribution is 2.34. The average Bonchev–Trinajstić information content (AvgIpc) is 3.31. The number of rotatable bonds is 6. The van der Waals surface area contributed by atoms with Gasteiger partial charge in [-0.05, 0) is 59.5 Å². The molecule has 2 heterocycles. The van der Waals surface area contributed by atoms with E-state index in [0.717, 1.165) is 23.3 Å². The van der Waals surface area contributed by atoms with Crippen molar-refractivity contribution in [3.8, 4) is 11.5 Å². The van der Waals surface area contributed by atoms with Crippen LogP contribution < -0.4 is 9.47 Å². The molecule has 0 saturated carbocycles. The molecule has 1 unspecified atom stereocenters. The van der Waals surface area contributed by atoms with Gasteiger partial charge in [0.05, 0.1) is 26.7 Å². The number of amides is 1. The van der Waals surface area contributed by atoms with Crippen LogP contribution in [-0.2, 0) is 17.8 Å². The lowest BCUT2D eigenvalue weighted by atomic mass is 9.97. The molecule has 156 valence electrons. The molecule has 0 saturated heterocycles. The number of ether oxygens (including phenoxy) is 2. The second-order valence-electron chi connectivity index (χ2n) is 7.44. The molecule has 1 atom stereocenters. The third-order valence-corrected chi connectivity index (χ3v) is 5.93. The van der Waals surface area contributed by atoms with E-state index < -0.39 is 0 Å². The number of carbonyl (C=O) groups excluding carboxylic acids is 1. The summed E-state index contributed by atoms with van der Waals surface area (Å²) in [5.41, 5.74) is 3.38. The Kier molecular flexibility index (Phi) is 6.00. The Morgan fingerprint density at radius 2 is 1.67 bits per heavy atom. The van der Waals surface area contributed by atoms with E-state index in [9.17, 15) is 4.79 Å². The minimum Gasteiger partial charge on any atom is -0.493 e. The summed E-state index contributed by atoms with van der Waals surface area (Å²) in [5, 5.41) is 0.688. The summed E-state index contributed by atoms with van der Waals surface area (Å²) in [6, 6.07) is 15.6. The highest BCUT2D eigenvalue weighted by Gasteiger charge is 2.26. The van der Waals surface area contributed by atoms with E-state index in [2.05, 4.69) is 4.57 Å². The Morgan fingerprint density at radius 1 is 1.03 bits per heavy atom. The Balaban J connectivity index is 1.54. The van der Waals surface area contributed by atoms with Gasteiger partial charge in [0.25, 0.3) is 0 Å². The van der Waals surface area contributed by atoms with Crippen molar-refractivity contribution in [1.82, 2.24) is 9.47 Å². The van der Waals surface area contributed by atoms with Gasteiger partial charge in [-0.2, -0.15) is 0 Å². The molecule has 1 aromatic heterocycles. The molecule has 5 nitrogen and oxygen atoms in total. The Morgan fingerprint density at radius 3 is 2.30 bits per heavy atom. The molecular weight excluding hydrogens is 400 g/mol. The standard InChI is InChI=1S/C24H25ClN2O3/c1-29-22-13-18-9-12-27(16-19(18)14-23(22)30-2)24(28)15-21(26-10-3-4-11-26)17-5-7-20(25)8-6-17/h3-8,10-11,13-14,21H,9,12,15-16H2,1-2H3. The van der Waals surface area contributed by atoms with Crippen LogP contribution in [0.5, 0.6) is 11.5 Å². The molecular formula is C24H25ClN2O3. The zero-order valence-corrected chi connectivity index (χ0v) is 17.9. The molecule has 0 aliphatic carbocycles. The molecule has 1 amide bonds. The molecule has 0 spiro atoms. The Bertz CT molecular complexity index is 1020.